The molecular formula is C16H20N2OS. The number of nitrogens with two attached hydrogens (primary N) is 1. The lowest BCUT2D eigenvalue weighted by Crippen LogP contribution is -2.26. The normalized spacial score (nSPS) is 12.1. The lowest BCUT2D eigenvalue weighted by Gasteiger charge is -2.12. The Labute approximate surface area is 123 Å². The first-order valence-electron chi connectivity index (χ1n) is 6.75. The zero-order valence-electron chi connectivity index (χ0n) is 11.8. The van der Waals surface area contributed by atoms with Crippen molar-refractivity contribution in [1.82, 2.24) is 5.32 Å². The van der Waals surface area contributed by atoms with Crippen molar-refractivity contribution in [2.75, 3.05) is 5.73 Å². The molecule has 1 unspecified atom stereocenters. The van der Waals surface area contributed by atoms with Crippen LogP contribution in [0, 0.1) is 6.92 Å². The Morgan fingerprint density at radius 2 is 2.05 bits per heavy atom. The second-order valence-corrected chi connectivity index (χ2v) is 6.26. The first kappa shape index (κ1) is 14.6. The van der Waals surface area contributed by atoms with Gasteiger partial charge in [0.05, 0.1) is 6.04 Å². The minimum Gasteiger partial charge on any atom is -0.399 e. The lowest BCUT2D eigenvalue weighted by atomic mass is 10.1. The van der Waals surface area contributed by atoms with Crippen molar-refractivity contribution in [3.8, 4) is 0 Å². The smallest absolute Gasteiger partial charge is 0.220 e. The second-order valence-electron chi connectivity index (χ2n) is 4.94. The average molecular weight is 288 g/mol. The summed E-state index contributed by atoms with van der Waals surface area (Å²) in [5, 5.41) is 3.03. The zero-order valence-corrected chi connectivity index (χ0v) is 12.7. The molecular weight excluding hydrogens is 268 g/mol. The highest BCUT2D eigenvalue weighted by atomic mass is 32.1. The van der Waals surface area contributed by atoms with Crippen LogP contribution in [0.25, 0.3) is 0 Å². The number of benzene rings is 1. The Hall–Kier alpha value is -1.81. The second kappa shape index (κ2) is 6.57. The minimum atomic E-state index is 0.0619. The average Bonchev–Trinajstić information content (AvgIpc) is 2.84. The van der Waals surface area contributed by atoms with Gasteiger partial charge in [-0.2, -0.15) is 0 Å². The van der Waals surface area contributed by atoms with Crippen LogP contribution in [0.4, 0.5) is 5.69 Å². The Kier molecular flexibility index (Phi) is 4.79. The number of amides is 1. The van der Waals surface area contributed by atoms with Crippen LogP contribution in [-0.4, -0.2) is 5.91 Å². The van der Waals surface area contributed by atoms with Crippen LogP contribution >= 0.6 is 11.3 Å². The van der Waals surface area contributed by atoms with Gasteiger partial charge in [-0.25, -0.2) is 0 Å². The number of carbonyl (C=O) groups excluding carboxylic acids is 1. The molecule has 1 aromatic heterocycles. The summed E-state index contributed by atoms with van der Waals surface area (Å²) < 4.78 is 0. The molecule has 20 heavy (non-hydrogen) atoms. The van der Waals surface area contributed by atoms with Crippen molar-refractivity contribution >= 4 is 22.9 Å². The standard InChI is InChI=1S/C16H20N2OS/c1-11-7-9-15(20-11)12(2)18-16(19)10-8-13-5-3-4-6-14(13)17/h3-7,9,12H,8,10,17H2,1-2H3,(H,18,19). The summed E-state index contributed by atoms with van der Waals surface area (Å²) >= 11 is 1.72. The van der Waals surface area contributed by atoms with E-state index < -0.39 is 0 Å². The first-order chi connectivity index (χ1) is 9.56. The number of thiophene rings is 1. The predicted octanol–water partition coefficient (Wildman–Crippen LogP) is 3.45. The topological polar surface area (TPSA) is 55.1 Å². The summed E-state index contributed by atoms with van der Waals surface area (Å²) in [7, 11) is 0. The van der Waals surface area contributed by atoms with Crippen LogP contribution in [0.5, 0.6) is 0 Å². The van der Waals surface area contributed by atoms with Crippen molar-refractivity contribution in [1.29, 1.82) is 0 Å². The maximum absolute atomic E-state index is 12.0. The van der Waals surface area contributed by atoms with E-state index in [0.29, 0.717) is 12.8 Å². The fourth-order valence-electron chi connectivity index (χ4n) is 2.08. The number of aryl methyl sites for hydroxylation is 2. The van der Waals surface area contributed by atoms with Crippen molar-refractivity contribution in [2.45, 2.75) is 32.7 Å². The third-order valence-corrected chi connectivity index (χ3v) is 4.43. The van der Waals surface area contributed by atoms with Gasteiger partial charge in [-0.3, -0.25) is 4.79 Å². The maximum atomic E-state index is 12.0. The summed E-state index contributed by atoms with van der Waals surface area (Å²) in [5.41, 5.74) is 7.65. The van der Waals surface area contributed by atoms with E-state index in [1.165, 1.54) is 9.75 Å². The SMILES string of the molecule is Cc1ccc(C(C)NC(=O)CCc2ccccc2N)s1. The molecule has 1 amide bonds. The predicted molar refractivity (Wildman–Crippen MR) is 84.8 cm³/mol. The summed E-state index contributed by atoms with van der Waals surface area (Å²) in [6.45, 7) is 4.08. The number of nitrogens with one attached hydrogen (secondary N) is 1. The molecule has 3 nitrogen and oxygen atoms in total. The van der Waals surface area contributed by atoms with Crippen LogP contribution in [0.15, 0.2) is 36.4 Å². The minimum absolute atomic E-state index is 0.0619. The molecule has 0 fully saturated rings. The van der Waals surface area contributed by atoms with E-state index in [2.05, 4.69) is 24.4 Å². The van der Waals surface area contributed by atoms with Crippen LogP contribution in [0.2, 0.25) is 0 Å². The van der Waals surface area contributed by atoms with Crippen LogP contribution < -0.4 is 11.1 Å². The fraction of sp³-hybridized carbons (Fsp3) is 0.312. The number of hydrogen-bond acceptors (Lipinski definition) is 3. The van der Waals surface area contributed by atoms with E-state index in [-0.39, 0.29) is 11.9 Å². The van der Waals surface area contributed by atoms with E-state index in [4.69, 9.17) is 5.73 Å². The molecule has 2 rings (SSSR count). The van der Waals surface area contributed by atoms with Gasteiger partial charge in [0.25, 0.3) is 0 Å². The largest absolute Gasteiger partial charge is 0.399 e. The van der Waals surface area contributed by atoms with Gasteiger partial charge < -0.3 is 11.1 Å². The molecule has 1 atom stereocenters. The van der Waals surface area contributed by atoms with E-state index in [0.717, 1.165) is 11.3 Å². The van der Waals surface area contributed by atoms with Gasteiger partial charge in [-0.05, 0) is 44.0 Å². The number of para-hydroxylation sites is 1. The molecule has 0 saturated carbocycles. The summed E-state index contributed by atoms with van der Waals surface area (Å²) in [6, 6.07) is 11.9. The molecule has 1 aromatic carbocycles. The highest BCUT2D eigenvalue weighted by molar-refractivity contribution is 7.12. The third-order valence-electron chi connectivity index (χ3n) is 3.24. The molecule has 1 heterocycles. The Morgan fingerprint density at radius 1 is 1.30 bits per heavy atom. The third kappa shape index (κ3) is 3.84. The van der Waals surface area contributed by atoms with Gasteiger partial charge in [0.2, 0.25) is 5.91 Å². The lowest BCUT2D eigenvalue weighted by molar-refractivity contribution is -0.121. The molecule has 0 spiro atoms. The zero-order chi connectivity index (χ0) is 14.5. The summed E-state index contributed by atoms with van der Waals surface area (Å²) in [5.74, 6) is 0.0619. The van der Waals surface area contributed by atoms with Gasteiger partial charge >= 0.3 is 0 Å². The Bertz CT molecular complexity index is 592. The first-order valence-corrected chi connectivity index (χ1v) is 7.57. The molecule has 0 aliphatic heterocycles. The number of rotatable bonds is 5. The highest BCUT2D eigenvalue weighted by Crippen LogP contribution is 2.22. The number of hydrogen-bond donors (Lipinski definition) is 2. The monoisotopic (exact) mass is 288 g/mol. The van der Waals surface area contributed by atoms with E-state index >= 15 is 0 Å². The van der Waals surface area contributed by atoms with Crippen molar-refractivity contribution in [3.05, 3.63) is 51.7 Å². The fourth-order valence-corrected chi connectivity index (χ4v) is 2.96. The molecule has 2 aromatic rings. The van der Waals surface area contributed by atoms with E-state index in [9.17, 15) is 4.79 Å². The van der Waals surface area contributed by atoms with Crippen molar-refractivity contribution < 1.29 is 4.79 Å². The van der Waals surface area contributed by atoms with Crippen LogP contribution in [-0.2, 0) is 11.2 Å². The molecule has 3 N–H and O–H groups in total. The number of anilines is 1. The molecule has 0 saturated heterocycles. The van der Waals surface area contributed by atoms with Gasteiger partial charge in [0.15, 0.2) is 0 Å². The summed E-state index contributed by atoms with van der Waals surface area (Å²) in [6.07, 6.45) is 1.14. The Balaban J connectivity index is 1.85. The maximum Gasteiger partial charge on any atom is 0.220 e. The quantitative estimate of drug-likeness (QED) is 0.828. The van der Waals surface area contributed by atoms with E-state index in [1.807, 2.05) is 31.2 Å². The molecule has 0 aliphatic carbocycles. The summed E-state index contributed by atoms with van der Waals surface area (Å²) in [4.78, 5) is 14.4. The van der Waals surface area contributed by atoms with Crippen LogP contribution in [0.3, 0.4) is 0 Å². The highest BCUT2D eigenvalue weighted by Gasteiger charge is 2.11. The van der Waals surface area contributed by atoms with Crippen LogP contribution in [0.1, 0.15) is 34.7 Å². The van der Waals surface area contributed by atoms with Crippen molar-refractivity contribution in [2.24, 2.45) is 0 Å². The molecule has 0 aliphatic rings. The van der Waals surface area contributed by atoms with Crippen molar-refractivity contribution in [3.63, 3.8) is 0 Å². The molecule has 106 valence electrons. The van der Waals surface area contributed by atoms with Gasteiger partial charge in [0.1, 0.15) is 0 Å². The van der Waals surface area contributed by atoms with Gasteiger partial charge in [-0.1, -0.05) is 18.2 Å². The van der Waals surface area contributed by atoms with Gasteiger partial charge in [-0.15, -0.1) is 11.3 Å². The molecule has 0 bridgehead atoms. The Morgan fingerprint density at radius 3 is 2.70 bits per heavy atom. The molecule has 0 radical (unpaired) electrons. The molecule has 4 heteroatoms. The van der Waals surface area contributed by atoms with Gasteiger partial charge in [0, 0.05) is 21.9 Å². The number of carbonyl (C=O) groups is 1. The number of nitrogen functional groups attached to an aromatic ring is 1. The van der Waals surface area contributed by atoms with E-state index in [1.54, 1.807) is 11.3 Å².